The summed E-state index contributed by atoms with van der Waals surface area (Å²) in [5, 5.41) is 0. The number of carbonyl (C=O) groups excluding carboxylic acids is 1. The van der Waals surface area contributed by atoms with Crippen LogP contribution in [0.5, 0.6) is 0 Å². The molecule has 0 spiro atoms. The quantitative estimate of drug-likeness (QED) is 0.699. The third kappa shape index (κ3) is 2.07. The van der Waals surface area contributed by atoms with Gasteiger partial charge in [0.15, 0.2) is 6.29 Å². The van der Waals surface area contributed by atoms with E-state index in [0.29, 0.717) is 12.0 Å². The van der Waals surface area contributed by atoms with E-state index in [0.717, 1.165) is 11.6 Å². The second-order valence-corrected chi connectivity index (χ2v) is 3.08. The molecule has 1 aromatic heterocycles. The fourth-order valence-corrected chi connectivity index (χ4v) is 1.33. The van der Waals surface area contributed by atoms with Crippen LogP contribution in [0, 0.1) is 5.82 Å². The molecular formula is C12H8FNO. The van der Waals surface area contributed by atoms with E-state index in [9.17, 15) is 9.18 Å². The molecule has 0 aliphatic rings. The van der Waals surface area contributed by atoms with E-state index in [4.69, 9.17) is 0 Å². The number of halogens is 1. The minimum Gasteiger partial charge on any atom is -0.296 e. The van der Waals surface area contributed by atoms with Crippen LogP contribution in [-0.2, 0) is 0 Å². The lowest BCUT2D eigenvalue weighted by molar-refractivity contribution is 0.111. The van der Waals surface area contributed by atoms with Gasteiger partial charge in [-0.2, -0.15) is 0 Å². The first kappa shape index (κ1) is 9.52. The molecule has 0 radical (unpaired) electrons. The van der Waals surface area contributed by atoms with Gasteiger partial charge in [-0.15, -0.1) is 0 Å². The maximum absolute atomic E-state index is 13.1. The molecule has 0 N–H and O–H groups in total. The van der Waals surface area contributed by atoms with E-state index in [-0.39, 0.29) is 5.69 Å². The number of pyridine rings is 1. The highest BCUT2D eigenvalue weighted by molar-refractivity contribution is 5.73. The largest absolute Gasteiger partial charge is 0.296 e. The Morgan fingerprint density at radius 2 is 1.87 bits per heavy atom. The lowest BCUT2D eigenvalue weighted by Crippen LogP contribution is -1.92. The maximum Gasteiger partial charge on any atom is 0.168 e. The second kappa shape index (κ2) is 4.00. The third-order valence-electron chi connectivity index (χ3n) is 2.00. The number of hydrogen-bond acceptors (Lipinski definition) is 2. The molecule has 0 atom stereocenters. The Labute approximate surface area is 86.4 Å². The van der Waals surface area contributed by atoms with Crippen LogP contribution in [0.3, 0.4) is 0 Å². The summed E-state index contributed by atoms with van der Waals surface area (Å²) >= 11 is 0. The first-order valence-electron chi connectivity index (χ1n) is 4.48. The number of carbonyl (C=O) groups is 1. The fraction of sp³-hybridized carbons (Fsp3) is 0. The van der Waals surface area contributed by atoms with Gasteiger partial charge in [-0.1, -0.05) is 30.3 Å². The van der Waals surface area contributed by atoms with Crippen LogP contribution < -0.4 is 0 Å². The van der Waals surface area contributed by atoms with Crippen molar-refractivity contribution in [1.29, 1.82) is 0 Å². The van der Waals surface area contributed by atoms with Gasteiger partial charge in [-0.05, 0) is 0 Å². The van der Waals surface area contributed by atoms with Gasteiger partial charge in [0.25, 0.3) is 0 Å². The molecule has 2 aromatic rings. The van der Waals surface area contributed by atoms with Gasteiger partial charge in [0.05, 0.1) is 5.69 Å². The zero-order chi connectivity index (χ0) is 10.7. The Kier molecular flexibility index (Phi) is 2.54. The zero-order valence-corrected chi connectivity index (χ0v) is 7.85. The molecule has 0 saturated carbocycles. The summed E-state index contributed by atoms with van der Waals surface area (Å²) < 4.78 is 13.1. The van der Waals surface area contributed by atoms with Crippen molar-refractivity contribution in [3.63, 3.8) is 0 Å². The van der Waals surface area contributed by atoms with Crippen molar-refractivity contribution in [3.05, 3.63) is 54.0 Å². The van der Waals surface area contributed by atoms with Crippen molar-refractivity contribution in [3.8, 4) is 11.3 Å². The number of benzene rings is 1. The van der Waals surface area contributed by atoms with Gasteiger partial charge >= 0.3 is 0 Å². The Bertz CT molecular complexity index is 482. The number of aldehydes is 1. The average molecular weight is 201 g/mol. The highest BCUT2D eigenvalue weighted by Crippen LogP contribution is 2.17. The van der Waals surface area contributed by atoms with Crippen LogP contribution in [-0.4, -0.2) is 11.3 Å². The summed E-state index contributed by atoms with van der Waals surface area (Å²) in [4.78, 5) is 14.5. The number of aromatic nitrogens is 1. The maximum atomic E-state index is 13.1. The van der Waals surface area contributed by atoms with Crippen molar-refractivity contribution in [2.75, 3.05) is 0 Å². The molecule has 0 amide bonds. The molecule has 0 saturated heterocycles. The Hall–Kier alpha value is -2.03. The summed E-state index contributed by atoms with van der Waals surface area (Å²) in [6, 6.07) is 11.6. The molecule has 74 valence electrons. The molecule has 2 rings (SSSR count). The predicted molar refractivity (Wildman–Crippen MR) is 55.0 cm³/mol. The minimum absolute atomic E-state index is 0.105. The van der Waals surface area contributed by atoms with E-state index in [1.165, 1.54) is 6.07 Å². The van der Waals surface area contributed by atoms with Crippen LogP contribution in [0.4, 0.5) is 4.39 Å². The number of hydrogen-bond donors (Lipinski definition) is 0. The van der Waals surface area contributed by atoms with Crippen molar-refractivity contribution in [2.45, 2.75) is 0 Å². The summed E-state index contributed by atoms with van der Waals surface area (Å²) in [6.07, 6.45) is 0.537. The molecule has 2 nitrogen and oxygen atoms in total. The monoisotopic (exact) mass is 201 g/mol. The van der Waals surface area contributed by atoms with Gasteiger partial charge in [0.1, 0.15) is 11.5 Å². The van der Waals surface area contributed by atoms with Gasteiger partial charge < -0.3 is 0 Å². The molecule has 1 aromatic carbocycles. The van der Waals surface area contributed by atoms with Crippen LogP contribution in [0.1, 0.15) is 10.5 Å². The lowest BCUT2D eigenvalue weighted by atomic mass is 10.1. The van der Waals surface area contributed by atoms with E-state index >= 15 is 0 Å². The fourth-order valence-electron chi connectivity index (χ4n) is 1.33. The summed E-state index contributed by atoms with van der Waals surface area (Å²) in [5.74, 6) is -0.453. The highest BCUT2D eigenvalue weighted by atomic mass is 19.1. The lowest BCUT2D eigenvalue weighted by Gasteiger charge is -2.01. The first-order chi connectivity index (χ1) is 7.29. The molecule has 0 aliphatic heterocycles. The minimum atomic E-state index is -0.453. The zero-order valence-electron chi connectivity index (χ0n) is 7.85. The van der Waals surface area contributed by atoms with Gasteiger partial charge in [-0.25, -0.2) is 9.37 Å². The molecule has 15 heavy (non-hydrogen) atoms. The van der Waals surface area contributed by atoms with Crippen LogP contribution >= 0.6 is 0 Å². The van der Waals surface area contributed by atoms with Crippen molar-refractivity contribution in [1.82, 2.24) is 4.98 Å². The van der Waals surface area contributed by atoms with Crippen LogP contribution in [0.15, 0.2) is 42.5 Å². The molecule has 0 fully saturated rings. The second-order valence-electron chi connectivity index (χ2n) is 3.08. The standard InChI is InChI=1S/C12H8FNO/c13-10-6-11(8-15)14-12(7-10)9-4-2-1-3-5-9/h1-8H. The van der Waals surface area contributed by atoms with E-state index in [1.54, 1.807) is 0 Å². The molecule has 0 unspecified atom stereocenters. The van der Waals surface area contributed by atoms with Crippen molar-refractivity contribution in [2.24, 2.45) is 0 Å². The molecular weight excluding hydrogens is 193 g/mol. The van der Waals surface area contributed by atoms with E-state index in [1.807, 2.05) is 30.3 Å². The van der Waals surface area contributed by atoms with Gasteiger partial charge in [-0.3, -0.25) is 4.79 Å². The molecule has 0 aliphatic carbocycles. The Balaban J connectivity index is 2.53. The average Bonchev–Trinajstić information content (AvgIpc) is 2.29. The third-order valence-corrected chi connectivity index (χ3v) is 2.00. The SMILES string of the molecule is O=Cc1cc(F)cc(-c2ccccc2)n1. The Morgan fingerprint density at radius 1 is 1.13 bits per heavy atom. The summed E-state index contributed by atoms with van der Waals surface area (Å²) in [7, 11) is 0. The molecule has 3 heteroatoms. The molecule has 1 heterocycles. The van der Waals surface area contributed by atoms with Crippen molar-refractivity contribution >= 4 is 6.29 Å². The van der Waals surface area contributed by atoms with Crippen LogP contribution in [0.25, 0.3) is 11.3 Å². The Morgan fingerprint density at radius 3 is 2.53 bits per heavy atom. The summed E-state index contributed by atoms with van der Waals surface area (Å²) in [6.45, 7) is 0. The number of rotatable bonds is 2. The number of nitrogens with zero attached hydrogens (tertiary/aromatic N) is 1. The van der Waals surface area contributed by atoms with Crippen molar-refractivity contribution < 1.29 is 9.18 Å². The van der Waals surface area contributed by atoms with E-state index in [2.05, 4.69) is 4.98 Å². The highest BCUT2D eigenvalue weighted by Gasteiger charge is 2.03. The smallest absolute Gasteiger partial charge is 0.168 e. The first-order valence-corrected chi connectivity index (χ1v) is 4.48. The van der Waals surface area contributed by atoms with Gasteiger partial charge in [0, 0.05) is 17.7 Å². The normalized spacial score (nSPS) is 9.93. The van der Waals surface area contributed by atoms with Gasteiger partial charge in [0.2, 0.25) is 0 Å². The topological polar surface area (TPSA) is 30.0 Å². The predicted octanol–water partition coefficient (Wildman–Crippen LogP) is 2.70. The molecule has 0 bridgehead atoms. The van der Waals surface area contributed by atoms with Crippen LogP contribution in [0.2, 0.25) is 0 Å². The summed E-state index contributed by atoms with van der Waals surface area (Å²) in [5.41, 5.74) is 1.37. The van der Waals surface area contributed by atoms with E-state index < -0.39 is 5.82 Å².